The number of rotatable bonds is 1. The number of carbonyl (C=O) groups excluding carboxylic acids is 1. The fourth-order valence-corrected chi connectivity index (χ4v) is 2.06. The van der Waals surface area contributed by atoms with Gasteiger partial charge in [-0.2, -0.15) is 0 Å². The summed E-state index contributed by atoms with van der Waals surface area (Å²) < 4.78 is 4.93. The Morgan fingerprint density at radius 3 is 3.25 bits per heavy atom. The Kier molecular flexibility index (Phi) is 1.89. The van der Waals surface area contributed by atoms with Crippen LogP contribution < -0.4 is 0 Å². The first-order valence-corrected chi connectivity index (χ1v) is 4.29. The number of ether oxygens (including phenoxy) is 1. The summed E-state index contributed by atoms with van der Waals surface area (Å²) in [5.41, 5.74) is 0.852. The van der Waals surface area contributed by atoms with Gasteiger partial charge in [-0.3, -0.25) is 4.79 Å². The maximum absolute atomic E-state index is 11.3. The summed E-state index contributed by atoms with van der Waals surface area (Å²) in [5, 5.41) is 8.95. The van der Waals surface area contributed by atoms with E-state index in [0.717, 1.165) is 18.4 Å². The van der Waals surface area contributed by atoms with Crippen LogP contribution in [0.15, 0.2) is 11.6 Å². The third-order valence-electron chi connectivity index (χ3n) is 2.72. The first kappa shape index (κ1) is 7.80. The number of cyclic esters (lactones) is 1. The van der Waals surface area contributed by atoms with Gasteiger partial charge >= 0.3 is 5.97 Å². The number of carbonyl (C=O) groups is 1. The summed E-state index contributed by atoms with van der Waals surface area (Å²) in [6.07, 6.45) is 3.84. The van der Waals surface area contributed by atoms with Gasteiger partial charge in [0.05, 0.1) is 19.1 Å². The minimum atomic E-state index is -0.149. The van der Waals surface area contributed by atoms with Crippen molar-refractivity contribution in [3.05, 3.63) is 11.6 Å². The van der Waals surface area contributed by atoms with Crippen molar-refractivity contribution in [3.63, 3.8) is 0 Å². The molecule has 0 spiro atoms. The van der Waals surface area contributed by atoms with E-state index in [1.807, 2.05) is 6.08 Å². The molecule has 1 N–H and O–H groups in total. The first-order valence-electron chi connectivity index (χ1n) is 4.29. The van der Waals surface area contributed by atoms with E-state index < -0.39 is 0 Å². The molecule has 2 unspecified atom stereocenters. The largest absolute Gasteiger partial charge is 0.465 e. The van der Waals surface area contributed by atoms with Crippen LogP contribution in [-0.2, 0) is 9.53 Å². The molecule has 0 saturated carbocycles. The van der Waals surface area contributed by atoms with E-state index in [9.17, 15) is 4.79 Å². The van der Waals surface area contributed by atoms with Gasteiger partial charge in [0, 0.05) is 0 Å². The summed E-state index contributed by atoms with van der Waals surface area (Å²) in [6.45, 7) is 0.544. The van der Waals surface area contributed by atoms with E-state index in [1.165, 1.54) is 0 Å². The molecule has 2 rings (SSSR count). The van der Waals surface area contributed by atoms with E-state index in [2.05, 4.69) is 0 Å². The normalized spacial score (nSPS) is 34.1. The van der Waals surface area contributed by atoms with Gasteiger partial charge < -0.3 is 9.84 Å². The van der Waals surface area contributed by atoms with Crippen molar-refractivity contribution < 1.29 is 14.6 Å². The van der Waals surface area contributed by atoms with Crippen LogP contribution in [0, 0.1) is 11.8 Å². The molecule has 0 amide bonds. The summed E-state index contributed by atoms with van der Waals surface area (Å²) in [4.78, 5) is 11.3. The zero-order valence-corrected chi connectivity index (χ0v) is 6.82. The predicted molar refractivity (Wildman–Crippen MR) is 42.3 cm³/mol. The highest BCUT2D eigenvalue weighted by atomic mass is 16.5. The zero-order chi connectivity index (χ0) is 8.55. The average Bonchev–Trinajstić information content (AvgIpc) is 2.49. The molecule has 0 aromatic heterocycles. The molecule has 0 aromatic rings. The molecule has 1 aliphatic heterocycles. The van der Waals surface area contributed by atoms with Crippen molar-refractivity contribution in [2.75, 3.05) is 13.2 Å². The Labute approximate surface area is 71.0 Å². The highest BCUT2D eigenvalue weighted by molar-refractivity contribution is 5.77. The summed E-state index contributed by atoms with van der Waals surface area (Å²) in [5.74, 6) is 0.112. The lowest BCUT2D eigenvalue weighted by Crippen LogP contribution is -2.31. The van der Waals surface area contributed by atoms with Crippen molar-refractivity contribution in [1.29, 1.82) is 0 Å². The monoisotopic (exact) mass is 168 g/mol. The number of esters is 1. The molecule has 0 radical (unpaired) electrons. The van der Waals surface area contributed by atoms with Gasteiger partial charge in [0.15, 0.2) is 0 Å². The van der Waals surface area contributed by atoms with E-state index in [-0.39, 0.29) is 18.5 Å². The van der Waals surface area contributed by atoms with Gasteiger partial charge in [-0.1, -0.05) is 6.08 Å². The fraction of sp³-hybridized carbons (Fsp3) is 0.667. The molecule has 3 nitrogen and oxygen atoms in total. The van der Waals surface area contributed by atoms with Crippen LogP contribution in [0.1, 0.15) is 12.8 Å². The molecule has 0 aromatic carbocycles. The standard InChI is InChI=1S/C9H12O3/c10-5-7-2-1-6-3-4-12-9(11)8(6)7/h2,6,8,10H,1,3-5H2. The molecule has 1 saturated heterocycles. The Morgan fingerprint density at radius 2 is 2.50 bits per heavy atom. The third kappa shape index (κ3) is 1.05. The van der Waals surface area contributed by atoms with Crippen molar-refractivity contribution in [1.82, 2.24) is 0 Å². The van der Waals surface area contributed by atoms with E-state index in [4.69, 9.17) is 9.84 Å². The Hall–Kier alpha value is -0.830. The van der Waals surface area contributed by atoms with Gasteiger partial charge in [-0.05, 0) is 24.3 Å². The highest BCUT2D eigenvalue weighted by Gasteiger charge is 2.38. The lowest BCUT2D eigenvalue weighted by molar-refractivity contribution is -0.154. The number of fused-ring (bicyclic) bond motifs is 1. The molecule has 12 heavy (non-hydrogen) atoms. The predicted octanol–water partition coefficient (Wildman–Crippen LogP) is 0.488. The topological polar surface area (TPSA) is 46.5 Å². The average molecular weight is 168 g/mol. The Bertz CT molecular complexity index is 232. The molecule has 2 atom stereocenters. The summed E-state index contributed by atoms with van der Waals surface area (Å²) >= 11 is 0. The van der Waals surface area contributed by atoms with Gasteiger partial charge in [0.2, 0.25) is 0 Å². The van der Waals surface area contributed by atoms with Crippen LogP contribution in [0.2, 0.25) is 0 Å². The number of allylic oxidation sites excluding steroid dienone is 1. The van der Waals surface area contributed by atoms with Crippen molar-refractivity contribution >= 4 is 5.97 Å². The quantitative estimate of drug-likeness (QED) is 0.458. The minimum Gasteiger partial charge on any atom is -0.465 e. The SMILES string of the molecule is O=C1OCCC2CC=C(CO)C12. The minimum absolute atomic E-state index is 0.00370. The van der Waals surface area contributed by atoms with Crippen LogP contribution in [0.4, 0.5) is 0 Å². The van der Waals surface area contributed by atoms with Crippen LogP contribution in [0.5, 0.6) is 0 Å². The highest BCUT2D eigenvalue weighted by Crippen LogP contribution is 2.37. The third-order valence-corrected chi connectivity index (χ3v) is 2.72. The first-order chi connectivity index (χ1) is 5.83. The lowest BCUT2D eigenvalue weighted by atomic mass is 9.87. The van der Waals surface area contributed by atoms with Gasteiger partial charge in [-0.25, -0.2) is 0 Å². The van der Waals surface area contributed by atoms with Gasteiger partial charge in [0.1, 0.15) is 0 Å². The zero-order valence-electron chi connectivity index (χ0n) is 6.82. The molecule has 1 aliphatic carbocycles. The van der Waals surface area contributed by atoms with Crippen LogP contribution in [0.3, 0.4) is 0 Å². The molecular weight excluding hydrogens is 156 g/mol. The molecule has 3 heteroatoms. The molecular formula is C9H12O3. The fourth-order valence-electron chi connectivity index (χ4n) is 2.06. The van der Waals surface area contributed by atoms with Crippen LogP contribution in [0.25, 0.3) is 0 Å². The van der Waals surface area contributed by atoms with Gasteiger partial charge in [0.25, 0.3) is 0 Å². The molecule has 1 fully saturated rings. The second-order valence-corrected chi connectivity index (χ2v) is 3.37. The molecule has 2 aliphatic rings. The number of aliphatic hydroxyl groups is 1. The second-order valence-electron chi connectivity index (χ2n) is 3.37. The molecule has 0 bridgehead atoms. The molecule has 66 valence electrons. The van der Waals surface area contributed by atoms with Crippen molar-refractivity contribution in [2.24, 2.45) is 11.8 Å². The lowest BCUT2D eigenvalue weighted by Gasteiger charge is -2.25. The number of hydrogen-bond acceptors (Lipinski definition) is 3. The van der Waals surface area contributed by atoms with Gasteiger partial charge in [-0.15, -0.1) is 0 Å². The smallest absolute Gasteiger partial charge is 0.313 e. The van der Waals surface area contributed by atoms with Crippen molar-refractivity contribution in [3.8, 4) is 0 Å². The van der Waals surface area contributed by atoms with Crippen LogP contribution in [-0.4, -0.2) is 24.3 Å². The molecule has 1 heterocycles. The maximum atomic E-state index is 11.3. The Morgan fingerprint density at radius 1 is 1.67 bits per heavy atom. The number of aliphatic hydroxyl groups excluding tert-OH is 1. The van der Waals surface area contributed by atoms with E-state index in [0.29, 0.717) is 12.5 Å². The Balaban J connectivity index is 2.18. The number of hydrogen-bond donors (Lipinski definition) is 1. The summed E-state index contributed by atoms with van der Waals surface area (Å²) in [7, 11) is 0. The summed E-state index contributed by atoms with van der Waals surface area (Å²) in [6, 6.07) is 0. The van der Waals surface area contributed by atoms with Crippen molar-refractivity contribution in [2.45, 2.75) is 12.8 Å². The van der Waals surface area contributed by atoms with E-state index in [1.54, 1.807) is 0 Å². The second kappa shape index (κ2) is 2.90. The van der Waals surface area contributed by atoms with E-state index >= 15 is 0 Å². The maximum Gasteiger partial charge on any atom is 0.313 e. The van der Waals surface area contributed by atoms with Crippen LogP contribution >= 0.6 is 0 Å².